The van der Waals surface area contributed by atoms with Crippen LogP contribution >= 0.6 is 23.2 Å². The quantitative estimate of drug-likeness (QED) is 0.487. The lowest BCUT2D eigenvalue weighted by Gasteiger charge is -2.30. The highest BCUT2D eigenvalue weighted by atomic mass is 35.5. The maximum absolute atomic E-state index is 14.8. The minimum atomic E-state index is -1.61. The van der Waals surface area contributed by atoms with E-state index in [1.807, 2.05) is 0 Å². The smallest absolute Gasteiger partial charge is 0.245 e. The van der Waals surface area contributed by atoms with Gasteiger partial charge in [0.05, 0.1) is 23.6 Å². The lowest BCUT2D eigenvalue weighted by Crippen LogP contribution is -2.53. The standard InChI is InChI=1S/C19H18Cl2FN3O4/c1-19(18(27)23-11-5-2-4-10(20)8-11)15(12-6-3-7-13(21)16(12)22)17(25(28)29)14(9-26)24-19/h2-8,14-15,17,24,26H,9H2,1H3,(H,23,27)/t14-,15-,17+,19+/m0/s1. The van der Waals surface area contributed by atoms with Gasteiger partial charge in [-0.15, -0.1) is 0 Å². The molecule has 4 atom stereocenters. The summed E-state index contributed by atoms with van der Waals surface area (Å²) in [5.41, 5.74) is -1.31. The molecule has 154 valence electrons. The van der Waals surface area contributed by atoms with Crippen LogP contribution in [-0.2, 0) is 4.79 Å². The Morgan fingerprint density at radius 3 is 2.66 bits per heavy atom. The molecule has 3 rings (SSSR count). The number of nitrogens with zero attached hydrogens (tertiary/aromatic N) is 1. The molecule has 1 aliphatic heterocycles. The Balaban J connectivity index is 2.09. The summed E-state index contributed by atoms with van der Waals surface area (Å²) in [6.07, 6.45) is 0. The fourth-order valence-electron chi connectivity index (χ4n) is 3.85. The largest absolute Gasteiger partial charge is 0.394 e. The van der Waals surface area contributed by atoms with E-state index in [4.69, 9.17) is 23.2 Å². The number of nitrogens with one attached hydrogen (secondary N) is 2. The summed E-state index contributed by atoms with van der Waals surface area (Å²) in [5.74, 6) is -2.70. The normalized spacial score (nSPS) is 26.3. The Morgan fingerprint density at radius 2 is 2.03 bits per heavy atom. The lowest BCUT2D eigenvalue weighted by molar-refractivity contribution is -0.527. The van der Waals surface area contributed by atoms with Crippen LogP contribution in [0.4, 0.5) is 10.1 Å². The van der Waals surface area contributed by atoms with E-state index in [-0.39, 0.29) is 10.6 Å². The molecule has 29 heavy (non-hydrogen) atoms. The van der Waals surface area contributed by atoms with Crippen LogP contribution < -0.4 is 10.6 Å². The molecule has 1 heterocycles. The number of rotatable bonds is 5. The summed E-state index contributed by atoms with van der Waals surface area (Å²) < 4.78 is 14.8. The fraction of sp³-hybridized carbons (Fsp3) is 0.316. The van der Waals surface area contributed by atoms with Gasteiger partial charge in [0.2, 0.25) is 11.9 Å². The molecule has 0 radical (unpaired) electrons. The third-order valence-electron chi connectivity index (χ3n) is 5.17. The monoisotopic (exact) mass is 441 g/mol. The number of aliphatic hydroxyl groups excluding tert-OH is 1. The molecule has 1 fully saturated rings. The van der Waals surface area contributed by atoms with Crippen molar-refractivity contribution < 1.29 is 19.2 Å². The van der Waals surface area contributed by atoms with Crippen molar-refractivity contribution in [2.24, 2.45) is 0 Å². The summed E-state index contributed by atoms with van der Waals surface area (Å²) >= 11 is 11.8. The Labute approximate surface area is 176 Å². The summed E-state index contributed by atoms with van der Waals surface area (Å²) in [6, 6.07) is 7.98. The number of nitro groups is 1. The Kier molecular flexibility index (Phi) is 6.09. The predicted octanol–water partition coefficient (Wildman–Crippen LogP) is 3.22. The van der Waals surface area contributed by atoms with Crippen LogP contribution in [0.25, 0.3) is 0 Å². The SMILES string of the molecule is C[C@@]1(C(=O)Nc2cccc(Cl)c2)N[C@@H](CO)[C@@H]([N+](=O)[O-])[C@@H]1c1cccc(Cl)c1F. The molecule has 10 heteroatoms. The van der Waals surface area contributed by atoms with Gasteiger partial charge in [-0.25, -0.2) is 4.39 Å². The van der Waals surface area contributed by atoms with Crippen molar-refractivity contribution >= 4 is 34.8 Å². The first kappa shape index (κ1) is 21.4. The van der Waals surface area contributed by atoms with Gasteiger partial charge in [-0.3, -0.25) is 20.2 Å². The number of anilines is 1. The van der Waals surface area contributed by atoms with E-state index in [2.05, 4.69) is 10.6 Å². The Morgan fingerprint density at radius 1 is 1.34 bits per heavy atom. The molecule has 3 N–H and O–H groups in total. The van der Waals surface area contributed by atoms with Crippen LogP contribution in [0, 0.1) is 15.9 Å². The second-order valence-corrected chi connectivity index (χ2v) is 7.84. The number of carbonyl (C=O) groups excluding carboxylic acids is 1. The summed E-state index contributed by atoms with van der Waals surface area (Å²) in [4.78, 5) is 24.4. The maximum atomic E-state index is 14.8. The number of hydrogen-bond acceptors (Lipinski definition) is 5. The average Bonchev–Trinajstić information content (AvgIpc) is 2.98. The van der Waals surface area contributed by atoms with Crippen LogP contribution in [0.15, 0.2) is 42.5 Å². The van der Waals surface area contributed by atoms with Crippen molar-refractivity contribution in [3.8, 4) is 0 Å². The molecule has 0 aromatic heterocycles. The molecular weight excluding hydrogens is 424 g/mol. The summed E-state index contributed by atoms with van der Waals surface area (Å²) in [5, 5.41) is 27.2. The zero-order valence-electron chi connectivity index (χ0n) is 15.2. The van der Waals surface area contributed by atoms with Crippen molar-refractivity contribution in [1.82, 2.24) is 5.32 Å². The van der Waals surface area contributed by atoms with E-state index in [1.165, 1.54) is 31.2 Å². The number of carbonyl (C=O) groups is 1. The van der Waals surface area contributed by atoms with E-state index >= 15 is 0 Å². The van der Waals surface area contributed by atoms with Crippen LogP contribution in [0.5, 0.6) is 0 Å². The third-order valence-corrected chi connectivity index (χ3v) is 5.70. The summed E-state index contributed by atoms with van der Waals surface area (Å²) in [7, 11) is 0. The minimum absolute atomic E-state index is 0.0774. The van der Waals surface area contributed by atoms with Crippen LogP contribution in [0.1, 0.15) is 18.4 Å². The second kappa shape index (κ2) is 8.23. The van der Waals surface area contributed by atoms with Crippen molar-refractivity contribution in [1.29, 1.82) is 0 Å². The maximum Gasteiger partial charge on any atom is 0.245 e. The Bertz CT molecular complexity index is 961. The highest BCUT2D eigenvalue weighted by molar-refractivity contribution is 6.31. The zero-order chi connectivity index (χ0) is 21.3. The fourth-order valence-corrected chi connectivity index (χ4v) is 4.22. The number of halogens is 3. The van der Waals surface area contributed by atoms with Crippen molar-refractivity contribution in [3.05, 3.63) is 74.0 Å². The topological polar surface area (TPSA) is 104 Å². The third kappa shape index (κ3) is 3.93. The minimum Gasteiger partial charge on any atom is -0.394 e. The van der Waals surface area contributed by atoms with Crippen molar-refractivity contribution in [2.45, 2.75) is 30.5 Å². The van der Waals surface area contributed by atoms with E-state index in [9.17, 15) is 24.4 Å². The zero-order valence-corrected chi connectivity index (χ0v) is 16.7. The molecule has 1 amide bonds. The van der Waals surface area contributed by atoms with Gasteiger partial charge in [0.25, 0.3) is 0 Å². The first-order chi connectivity index (χ1) is 13.7. The molecule has 0 aliphatic carbocycles. The van der Waals surface area contributed by atoms with Gasteiger partial charge in [0.15, 0.2) is 0 Å². The van der Waals surface area contributed by atoms with Gasteiger partial charge < -0.3 is 10.4 Å². The van der Waals surface area contributed by atoms with Gasteiger partial charge in [-0.2, -0.15) is 0 Å². The highest BCUT2D eigenvalue weighted by Gasteiger charge is 2.61. The molecule has 2 aromatic carbocycles. The average molecular weight is 442 g/mol. The number of aliphatic hydroxyl groups is 1. The molecule has 7 nitrogen and oxygen atoms in total. The van der Waals surface area contributed by atoms with E-state index in [0.717, 1.165) is 0 Å². The second-order valence-electron chi connectivity index (χ2n) is 7.00. The first-order valence-corrected chi connectivity index (χ1v) is 9.47. The molecule has 0 unspecified atom stereocenters. The predicted molar refractivity (Wildman–Crippen MR) is 107 cm³/mol. The van der Waals surface area contributed by atoms with Gasteiger partial charge in [0.1, 0.15) is 11.4 Å². The van der Waals surface area contributed by atoms with Gasteiger partial charge in [0, 0.05) is 21.2 Å². The van der Waals surface area contributed by atoms with Crippen molar-refractivity contribution in [2.75, 3.05) is 11.9 Å². The molecule has 0 bridgehead atoms. The molecule has 0 spiro atoms. The molecule has 0 saturated carbocycles. The number of amides is 1. The Hall–Kier alpha value is -2.26. The first-order valence-electron chi connectivity index (χ1n) is 8.72. The molecular formula is C19H18Cl2FN3O4. The molecule has 1 aliphatic rings. The van der Waals surface area contributed by atoms with Crippen LogP contribution in [0.2, 0.25) is 10.0 Å². The molecule has 2 aromatic rings. The van der Waals surface area contributed by atoms with E-state index in [1.54, 1.807) is 18.2 Å². The summed E-state index contributed by atoms with van der Waals surface area (Å²) in [6.45, 7) is 0.828. The van der Waals surface area contributed by atoms with E-state index < -0.39 is 46.8 Å². The highest BCUT2D eigenvalue weighted by Crippen LogP contribution is 2.43. The number of benzene rings is 2. The van der Waals surface area contributed by atoms with Gasteiger partial charge >= 0.3 is 0 Å². The van der Waals surface area contributed by atoms with Gasteiger partial charge in [-0.05, 0) is 31.2 Å². The van der Waals surface area contributed by atoms with E-state index in [0.29, 0.717) is 10.7 Å². The van der Waals surface area contributed by atoms with Crippen LogP contribution in [0.3, 0.4) is 0 Å². The lowest BCUT2D eigenvalue weighted by atomic mass is 9.78. The van der Waals surface area contributed by atoms with Crippen molar-refractivity contribution in [3.63, 3.8) is 0 Å². The molecule has 1 saturated heterocycles. The number of hydrogen-bond donors (Lipinski definition) is 3. The van der Waals surface area contributed by atoms with Crippen LogP contribution in [-0.4, -0.2) is 40.2 Å². The van der Waals surface area contributed by atoms with Gasteiger partial charge in [-0.1, -0.05) is 41.4 Å².